The number of fused-ring (bicyclic) bond motifs is 2. The van der Waals surface area contributed by atoms with E-state index < -0.39 is 23.5 Å². The minimum absolute atomic E-state index is 0.0966. The zero-order chi connectivity index (χ0) is 24.1. The number of carbonyl (C=O) groups excluding carboxylic acids is 2. The van der Waals surface area contributed by atoms with Gasteiger partial charge in [0.2, 0.25) is 0 Å². The van der Waals surface area contributed by atoms with Crippen LogP contribution < -0.4 is 14.4 Å². The molecule has 174 valence electrons. The third-order valence-corrected chi connectivity index (χ3v) is 6.26. The average molecular weight is 470 g/mol. The Hall–Kier alpha value is -4.59. The van der Waals surface area contributed by atoms with E-state index in [1.54, 1.807) is 30.5 Å². The van der Waals surface area contributed by atoms with Gasteiger partial charge in [0.25, 0.3) is 11.7 Å². The second kappa shape index (κ2) is 8.02. The number of hydrogen-bond acceptors (Lipinski definition) is 5. The third kappa shape index (κ3) is 3.33. The van der Waals surface area contributed by atoms with Crippen molar-refractivity contribution in [3.63, 3.8) is 0 Å². The first-order chi connectivity index (χ1) is 17.0. The standard InChI is InChI=1S/C27H19FN2O5/c28-16-4-3-5-17(13-16)30-24(19-14-29-20-7-2-1-6-18(19)20)23(26(32)27(30)33)25(31)15-8-9-21-22(12-15)35-11-10-34-21/h1-9,12-14,24,29,31H,10-11H2/b25-23+. The van der Waals surface area contributed by atoms with Crippen LogP contribution in [0.15, 0.2) is 78.5 Å². The van der Waals surface area contributed by atoms with Crippen LogP contribution in [0.25, 0.3) is 16.7 Å². The number of hydrogen-bond donors (Lipinski definition) is 2. The number of H-pyrrole nitrogens is 1. The average Bonchev–Trinajstić information content (AvgIpc) is 3.41. The van der Waals surface area contributed by atoms with E-state index in [1.807, 2.05) is 24.3 Å². The van der Waals surface area contributed by atoms with E-state index in [4.69, 9.17) is 9.47 Å². The summed E-state index contributed by atoms with van der Waals surface area (Å²) in [7, 11) is 0. The van der Waals surface area contributed by atoms with Crippen LogP contribution in [0.1, 0.15) is 17.2 Å². The molecule has 8 heteroatoms. The highest BCUT2D eigenvalue weighted by Gasteiger charge is 2.47. The highest BCUT2D eigenvalue weighted by Crippen LogP contribution is 2.45. The minimum Gasteiger partial charge on any atom is -0.507 e. The maximum Gasteiger partial charge on any atom is 0.300 e. The molecule has 6 rings (SSSR count). The van der Waals surface area contributed by atoms with Gasteiger partial charge >= 0.3 is 0 Å². The van der Waals surface area contributed by atoms with E-state index in [1.165, 1.54) is 23.1 Å². The number of aliphatic hydroxyl groups is 1. The molecule has 1 aromatic heterocycles. The quantitative estimate of drug-likeness (QED) is 0.257. The van der Waals surface area contributed by atoms with E-state index in [2.05, 4.69) is 4.98 Å². The Labute approximate surface area is 199 Å². The van der Waals surface area contributed by atoms with Crippen molar-refractivity contribution in [3.05, 3.63) is 95.4 Å². The predicted octanol–water partition coefficient (Wildman–Crippen LogP) is 4.70. The van der Waals surface area contributed by atoms with Crippen molar-refractivity contribution in [2.45, 2.75) is 6.04 Å². The van der Waals surface area contributed by atoms with Crippen molar-refractivity contribution in [1.82, 2.24) is 4.98 Å². The number of rotatable bonds is 3. The maximum absolute atomic E-state index is 14.1. The van der Waals surface area contributed by atoms with Crippen LogP contribution in [-0.2, 0) is 9.59 Å². The van der Waals surface area contributed by atoms with Crippen molar-refractivity contribution in [2.24, 2.45) is 0 Å². The van der Waals surface area contributed by atoms with Gasteiger partial charge in [-0.05, 0) is 42.5 Å². The van der Waals surface area contributed by atoms with Gasteiger partial charge in [-0.15, -0.1) is 0 Å². The Morgan fingerprint density at radius 1 is 0.971 bits per heavy atom. The molecule has 0 bridgehead atoms. The van der Waals surface area contributed by atoms with Gasteiger partial charge in [-0.3, -0.25) is 14.5 Å². The first kappa shape index (κ1) is 21.0. The van der Waals surface area contributed by atoms with Crippen LogP contribution in [-0.4, -0.2) is 35.0 Å². The monoisotopic (exact) mass is 470 g/mol. The number of ether oxygens (including phenoxy) is 2. The van der Waals surface area contributed by atoms with E-state index in [-0.39, 0.29) is 17.0 Å². The Balaban J connectivity index is 1.58. The number of amides is 1. The molecule has 2 aliphatic rings. The van der Waals surface area contributed by atoms with Crippen molar-refractivity contribution < 1.29 is 28.6 Å². The summed E-state index contributed by atoms with van der Waals surface area (Å²) in [5, 5.41) is 12.1. The van der Waals surface area contributed by atoms with Crippen LogP contribution in [0, 0.1) is 5.82 Å². The number of para-hydroxylation sites is 1. The highest BCUT2D eigenvalue weighted by atomic mass is 19.1. The SMILES string of the molecule is O=C1C(=O)N(c2cccc(F)c2)C(c2c[nH]c3ccccc23)/C1=C(\O)c1ccc2c(c1)OCCO2. The second-order valence-electron chi connectivity index (χ2n) is 8.30. The molecule has 3 heterocycles. The smallest absolute Gasteiger partial charge is 0.300 e. The van der Waals surface area contributed by atoms with E-state index in [9.17, 15) is 19.1 Å². The van der Waals surface area contributed by atoms with Gasteiger partial charge < -0.3 is 19.6 Å². The Morgan fingerprint density at radius 2 is 1.77 bits per heavy atom. The summed E-state index contributed by atoms with van der Waals surface area (Å²) >= 11 is 0. The lowest BCUT2D eigenvalue weighted by Crippen LogP contribution is -2.29. The summed E-state index contributed by atoms with van der Waals surface area (Å²) in [6.45, 7) is 0.772. The molecular formula is C27H19FN2O5. The van der Waals surface area contributed by atoms with E-state index in [0.29, 0.717) is 35.8 Å². The summed E-state index contributed by atoms with van der Waals surface area (Å²) in [4.78, 5) is 31.0. The topological polar surface area (TPSA) is 91.9 Å². The van der Waals surface area contributed by atoms with Gasteiger partial charge in [0.15, 0.2) is 11.5 Å². The number of nitrogens with one attached hydrogen (secondary N) is 1. The highest BCUT2D eigenvalue weighted by molar-refractivity contribution is 6.51. The van der Waals surface area contributed by atoms with Gasteiger partial charge in [-0.25, -0.2) is 4.39 Å². The molecule has 0 aliphatic carbocycles. The zero-order valence-corrected chi connectivity index (χ0v) is 18.3. The zero-order valence-electron chi connectivity index (χ0n) is 18.3. The molecule has 0 radical (unpaired) electrons. The summed E-state index contributed by atoms with van der Waals surface area (Å²) < 4.78 is 25.3. The molecule has 3 aromatic carbocycles. The van der Waals surface area contributed by atoms with Crippen LogP contribution in [0.3, 0.4) is 0 Å². The number of ketones is 1. The van der Waals surface area contributed by atoms with Crippen molar-refractivity contribution in [1.29, 1.82) is 0 Å². The summed E-state index contributed by atoms with van der Waals surface area (Å²) in [6.07, 6.45) is 1.70. The fourth-order valence-electron chi connectivity index (χ4n) is 4.69. The summed E-state index contributed by atoms with van der Waals surface area (Å²) in [5.74, 6) is -1.66. The third-order valence-electron chi connectivity index (χ3n) is 6.26. The van der Waals surface area contributed by atoms with Gasteiger partial charge in [0.1, 0.15) is 24.8 Å². The first-order valence-electron chi connectivity index (χ1n) is 11.1. The number of benzene rings is 3. The number of carbonyl (C=O) groups is 2. The molecule has 0 spiro atoms. The molecule has 7 nitrogen and oxygen atoms in total. The number of aromatic amines is 1. The Morgan fingerprint density at radius 3 is 2.60 bits per heavy atom. The van der Waals surface area contributed by atoms with Gasteiger partial charge in [0.05, 0.1) is 11.6 Å². The molecule has 1 fully saturated rings. The maximum atomic E-state index is 14.1. The largest absolute Gasteiger partial charge is 0.507 e. The lowest BCUT2D eigenvalue weighted by atomic mass is 9.94. The summed E-state index contributed by atoms with van der Waals surface area (Å²) in [6, 6.07) is 16.7. The predicted molar refractivity (Wildman–Crippen MR) is 127 cm³/mol. The molecule has 35 heavy (non-hydrogen) atoms. The first-order valence-corrected chi connectivity index (χ1v) is 11.1. The minimum atomic E-state index is -0.985. The van der Waals surface area contributed by atoms with Crippen molar-refractivity contribution in [2.75, 3.05) is 18.1 Å². The molecule has 4 aromatic rings. The van der Waals surface area contributed by atoms with Gasteiger partial charge in [-0.2, -0.15) is 0 Å². The molecule has 2 N–H and O–H groups in total. The van der Waals surface area contributed by atoms with Crippen molar-refractivity contribution in [3.8, 4) is 11.5 Å². The molecule has 1 atom stereocenters. The Bertz CT molecular complexity index is 1540. The van der Waals surface area contributed by atoms with Gasteiger partial charge in [0, 0.05) is 33.9 Å². The molecule has 2 aliphatic heterocycles. The number of nitrogens with zero attached hydrogens (tertiary/aromatic N) is 1. The van der Waals surface area contributed by atoms with Crippen LogP contribution in [0.4, 0.5) is 10.1 Å². The fourth-order valence-corrected chi connectivity index (χ4v) is 4.69. The lowest BCUT2D eigenvalue weighted by Gasteiger charge is -2.25. The van der Waals surface area contributed by atoms with E-state index >= 15 is 0 Å². The molecule has 1 saturated heterocycles. The molecule has 0 saturated carbocycles. The molecule has 1 amide bonds. The molecular weight excluding hydrogens is 451 g/mol. The lowest BCUT2D eigenvalue weighted by molar-refractivity contribution is -0.132. The van der Waals surface area contributed by atoms with Crippen molar-refractivity contribution >= 4 is 34.0 Å². The van der Waals surface area contributed by atoms with Crippen LogP contribution in [0.2, 0.25) is 0 Å². The number of aromatic nitrogens is 1. The van der Waals surface area contributed by atoms with E-state index in [0.717, 1.165) is 10.9 Å². The van der Waals surface area contributed by atoms with Crippen LogP contribution in [0.5, 0.6) is 11.5 Å². The summed E-state index contributed by atoms with van der Waals surface area (Å²) in [5.41, 5.74) is 1.82. The second-order valence-corrected chi connectivity index (χ2v) is 8.30. The number of aliphatic hydroxyl groups excluding tert-OH is 1. The number of Topliss-reactive ketones (excluding diaryl/α,β-unsaturated/α-hetero) is 1. The fraction of sp³-hybridized carbons (Fsp3) is 0.111. The molecule has 1 unspecified atom stereocenters. The number of halogens is 1. The normalized spacial score (nSPS) is 18.9. The number of anilines is 1. The van der Waals surface area contributed by atoms with Crippen LogP contribution >= 0.6 is 0 Å². The van der Waals surface area contributed by atoms with Gasteiger partial charge in [-0.1, -0.05) is 24.3 Å². The Kier molecular flexibility index (Phi) is 4.81.